The van der Waals surface area contributed by atoms with Gasteiger partial charge in [-0.1, -0.05) is 39.3 Å². The minimum absolute atomic E-state index is 0.0314. The van der Waals surface area contributed by atoms with Gasteiger partial charge >= 0.3 is 0 Å². The molecule has 1 saturated heterocycles. The molecule has 1 aromatic heterocycles. The molecule has 4 N–H and O–H groups in total. The second-order valence-corrected chi connectivity index (χ2v) is 9.85. The number of aromatic nitrogens is 1. The van der Waals surface area contributed by atoms with Gasteiger partial charge in [0, 0.05) is 12.5 Å². The van der Waals surface area contributed by atoms with Gasteiger partial charge in [-0.2, -0.15) is 0 Å². The van der Waals surface area contributed by atoms with Crippen LogP contribution in [-0.2, 0) is 41.6 Å². The molecular formula is C25H39N5O7. The van der Waals surface area contributed by atoms with E-state index in [0.717, 1.165) is 0 Å². The fourth-order valence-electron chi connectivity index (χ4n) is 3.67. The summed E-state index contributed by atoms with van der Waals surface area (Å²) in [6.07, 6.45) is 2.03. The summed E-state index contributed by atoms with van der Waals surface area (Å²) in [7, 11) is 0. The van der Waals surface area contributed by atoms with Crippen molar-refractivity contribution >= 4 is 29.4 Å². The highest BCUT2D eigenvalue weighted by Crippen LogP contribution is 2.29. The van der Waals surface area contributed by atoms with E-state index in [2.05, 4.69) is 26.4 Å². The molecule has 37 heavy (non-hydrogen) atoms. The molecule has 0 saturated carbocycles. The van der Waals surface area contributed by atoms with Crippen LogP contribution in [-0.4, -0.2) is 71.9 Å². The van der Waals surface area contributed by atoms with E-state index in [1.54, 1.807) is 13.0 Å². The number of ether oxygens (including phenoxy) is 1. The van der Waals surface area contributed by atoms with Crippen LogP contribution in [0.2, 0.25) is 0 Å². The lowest BCUT2D eigenvalue weighted by Gasteiger charge is -2.22. The van der Waals surface area contributed by atoms with Crippen molar-refractivity contribution in [2.45, 2.75) is 84.4 Å². The molecule has 1 unspecified atom stereocenters. The number of aryl methyl sites for hydroxylation is 1. The Hall–Kier alpha value is -3.28. The molecule has 1 fully saturated rings. The monoisotopic (exact) mass is 521 g/mol. The summed E-state index contributed by atoms with van der Waals surface area (Å²) < 4.78 is 10.3. The highest BCUT2D eigenvalue weighted by molar-refractivity contribution is 5.97. The number of hydrogen-bond donors (Lipinski definition) is 4. The summed E-state index contributed by atoms with van der Waals surface area (Å²) in [6, 6.07) is 0.0902. The smallest absolute Gasteiger partial charge is 0.243 e. The van der Waals surface area contributed by atoms with Crippen LogP contribution in [0.4, 0.5) is 0 Å². The lowest BCUT2D eigenvalue weighted by atomic mass is 9.93. The summed E-state index contributed by atoms with van der Waals surface area (Å²) in [5.74, 6) is -1.35. The van der Waals surface area contributed by atoms with E-state index in [0.29, 0.717) is 43.7 Å². The van der Waals surface area contributed by atoms with Crippen molar-refractivity contribution in [3.63, 3.8) is 0 Å². The second kappa shape index (κ2) is 13.9. The first-order valence-corrected chi connectivity index (χ1v) is 12.7. The molecule has 1 aliphatic rings. The van der Waals surface area contributed by atoms with Gasteiger partial charge < -0.3 is 30.5 Å². The molecule has 4 amide bonds. The van der Waals surface area contributed by atoms with Crippen molar-refractivity contribution in [1.82, 2.24) is 26.4 Å². The maximum atomic E-state index is 12.7. The number of nitrogens with zero attached hydrogens (tertiary/aromatic N) is 1. The van der Waals surface area contributed by atoms with Gasteiger partial charge in [0.1, 0.15) is 17.4 Å². The van der Waals surface area contributed by atoms with E-state index < -0.39 is 41.3 Å². The van der Waals surface area contributed by atoms with Crippen LogP contribution in [0.1, 0.15) is 65.3 Å². The van der Waals surface area contributed by atoms with Crippen LogP contribution in [0.15, 0.2) is 10.6 Å². The third kappa shape index (κ3) is 9.95. The molecule has 1 aromatic rings. The number of carbonyl (C=O) groups excluding carboxylic acids is 5. The molecule has 1 aliphatic heterocycles. The number of rotatable bonds is 16. The number of carbonyl (C=O) groups is 5. The Labute approximate surface area is 217 Å². The van der Waals surface area contributed by atoms with Crippen molar-refractivity contribution in [1.29, 1.82) is 0 Å². The summed E-state index contributed by atoms with van der Waals surface area (Å²) in [5, 5.41) is 14.1. The van der Waals surface area contributed by atoms with Crippen LogP contribution >= 0.6 is 0 Å². The highest BCUT2D eigenvalue weighted by atomic mass is 16.6. The van der Waals surface area contributed by atoms with Gasteiger partial charge in [0.2, 0.25) is 23.6 Å². The van der Waals surface area contributed by atoms with Gasteiger partial charge in [0.25, 0.3) is 0 Å². The normalized spacial score (nSPS) is 18.0. The minimum atomic E-state index is -0.878. The molecule has 12 heteroatoms. The summed E-state index contributed by atoms with van der Waals surface area (Å²) >= 11 is 0. The zero-order valence-electron chi connectivity index (χ0n) is 22.3. The Bertz CT molecular complexity index is 970. The van der Waals surface area contributed by atoms with Crippen molar-refractivity contribution in [2.75, 3.05) is 19.7 Å². The summed E-state index contributed by atoms with van der Waals surface area (Å²) in [6.45, 7) is 9.00. The quantitative estimate of drug-likeness (QED) is 0.223. The number of hydrogen-bond acceptors (Lipinski definition) is 8. The Morgan fingerprint density at radius 2 is 1.62 bits per heavy atom. The Morgan fingerprint density at radius 1 is 1.00 bits per heavy atom. The largest absolute Gasteiger partial charge is 0.361 e. The Kier molecular flexibility index (Phi) is 11.2. The standard InChI is InChI=1S/C25H39N5O7/c1-6-8-18(28-21(32)12-26-20(31)11-16-10-17(7-2)37-30-16)24(35)27-13-22(33)29-19(9-15(3)4)23(34)25(5)14-36-25/h10,15,18-19H,6-9,11-14H2,1-5H3,(H,26,31)(H,27,35)(H,28,32)(H,29,33)/t18-,19-,25?/m0/s1. The molecule has 0 aromatic carbocycles. The number of epoxide rings is 1. The lowest BCUT2D eigenvalue weighted by Crippen LogP contribution is -2.53. The fourth-order valence-corrected chi connectivity index (χ4v) is 3.67. The molecule has 0 aliphatic carbocycles. The SMILES string of the molecule is CCC[C@H](NC(=O)CNC(=O)Cc1cc(CC)on1)C(=O)NCC(=O)N[C@@H](CC(C)C)C(=O)C1(C)CO1. The predicted octanol–water partition coefficient (Wildman–Crippen LogP) is 0.186. The molecule has 0 bridgehead atoms. The van der Waals surface area contributed by atoms with Crippen molar-refractivity contribution in [2.24, 2.45) is 5.92 Å². The number of nitrogens with one attached hydrogen (secondary N) is 4. The van der Waals surface area contributed by atoms with E-state index >= 15 is 0 Å². The maximum Gasteiger partial charge on any atom is 0.243 e. The number of Topliss-reactive ketones (excluding diaryl/α,β-unsaturated/α-hetero) is 1. The van der Waals surface area contributed by atoms with Gasteiger partial charge in [-0.15, -0.1) is 0 Å². The molecule has 3 atom stereocenters. The predicted molar refractivity (Wildman–Crippen MR) is 133 cm³/mol. The van der Waals surface area contributed by atoms with E-state index in [1.165, 1.54) is 0 Å². The van der Waals surface area contributed by atoms with Crippen LogP contribution in [0, 0.1) is 5.92 Å². The lowest BCUT2D eigenvalue weighted by molar-refractivity contribution is -0.132. The fraction of sp³-hybridized carbons (Fsp3) is 0.680. The van der Waals surface area contributed by atoms with Crippen molar-refractivity contribution in [3.05, 3.63) is 17.5 Å². The minimum Gasteiger partial charge on any atom is -0.361 e. The first-order valence-electron chi connectivity index (χ1n) is 12.7. The average molecular weight is 522 g/mol. The molecule has 206 valence electrons. The van der Waals surface area contributed by atoms with Crippen LogP contribution in [0.5, 0.6) is 0 Å². The highest BCUT2D eigenvalue weighted by Gasteiger charge is 2.50. The number of amides is 4. The molecule has 2 heterocycles. The van der Waals surface area contributed by atoms with Gasteiger partial charge in [0.05, 0.1) is 37.9 Å². The third-order valence-corrected chi connectivity index (χ3v) is 5.85. The van der Waals surface area contributed by atoms with Gasteiger partial charge in [-0.3, -0.25) is 24.0 Å². The van der Waals surface area contributed by atoms with E-state index in [-0.39, 0.29) is 31.2 Å². The second-order valence-electron chi connectivity index (χ2n) is 9.85. The molecule has 2 rings (SSSR count). The third-order valence-electron chi connectivity index (χ3n) is 5.85. The number of ketones is 1. The van der Waals surface area contributed by atoms with Gasteiger partial charge in [0.15, 0.2) is 5.78 Å². The van der Waals surface area contributed by atoms with E-state index in [1.807, 2.05) is 27.7 Å². The van der Waals surface area contributed by atoms with Gasteiger partial charge in [-0.25, -0.2) is 0 Å². The Balaban J connectivity index is 1.80. The average Bonchev–Trinajstić information content (AvgIpc) is 3.43. The molecule has 0 spiro atoms. The van der Waals surface area contributed by atoms with Crippen LogP contribution in [0.25, 0.3) is 0 Å². The zero-order chi connectivity index (χ0) is 27.6. The van der Waals surface area contributed by atoms with Crippen LogP contribution in [0.3, 0.4) is 0 Å². The molecular weight excluding hydrogens is 482 g/mol. The topological polar surface area (TPSA) is 172 Å². The summed E-state index contributed by atoms with van der Waals surface area (Å²) in [4.78, 5) is 62.2. The van der Waals surface area contributed by atoms with Gasteiger partial charge in [-0.05, 0) is 25.7 Å². The molecule has 0 radical (unpaired) electrons. The first kappa shape index (κ1) is 29.9. The molecule has 12 nitrogen and oxygen atoms in total. The van der Waals surface area contributed by atoms with Crippen LogP contribution < -0.4 is 21.3 Å². The first-order chi connectivity index (χ1) is 17.5. The van der Waals surface area contributed by atoms with E-state index in [9.17, 15) is 24.0 Å². The summed E-state index contributed by atoms with van der Waals surface area (Å²) in [5.41, 5.74) is -0.400. The van der Waals surface area contributed by atoms with Crippen molar-refractivity contribution < 1.29 is 33.2 Å². The van der Waals surface area contributed by atoms with Crippen molar-refractivity contribution in [3.8, 4) is 0 Å². The Morgan fingerprint density at radius 3 is 2.16 bits per heavy atom. The maximum absolute atomic E-state index is 12.7. The van der Waals surface area contributed by atoms with E-state index in [4.69, 9.17) is 9.26 Å². The zero-order valence-corrected chi connectivity index (χ0v) is 22.3.